The van der Waals surface area contributed by atoms with Crippen LogP contribution in [0.2, 0.25) is 5.02 Å². The summed E-state index contributed by atoms with van der Waals surface area (Å²) in [4.78, 5) is 0. The fourth-order valence-electron chi connectivity index (χ4n) is 1.54. The van der Waals surface area contributed by atoms with Gasteiger partial charge in [0.1, 0.15) is 11.6 Å². The molecule has 0 atom stereocenters. The van der Waals surface area contributed by atoms with Crippen LogP contribution in [0.3, 0.4) is 0 Å². The van der Waals surface area contributed by atoms with Gasteiger partial charge in [-0.1, -0.05) is 23.8 Å². The molecule has 92 valence electrons. The molecule has 2 N–H and O–H groups in total. The minimum absolute atomic E-state index is 0.308. The second kappa shape index (κ2) is 5.52. The van der Waals surface area contributed by atoms with Crippen LogP contribution in [0.5, 0.6) is 5.75 Å². The van der Waals surface area contributed by atoms with Crippen molar-refractivity contribution in [1.29, 1.82) is 0 Å². The molecular formula is C13H15ClFNO. The molecule has 2 nitrogen and oxygen atoms in total. The lowest BCUT2D eigenvalue weighted by atomic mass is 10.1. The van der Waals surface area contributed by atoms with Gasteiger partial charge in [0.15, 0.2) is 0 Å². The Labute approximate surface area is 105 Å². The molecule has 0 heterocycles. The first-order chi connectivity index (χ1) is 8.20. The molecular weight excluding hydrogens is 241 g/mol. The van der Waals surface area contributed by atoms with Gasteiger partial charge in [0.05, 0.1) is 11.6 Å². The molecule has 0 amide bonds. The van der Waals surface area contributed by atoms with Crippen LogP contribution in [-0.4, -0.2) is 13.2 Å². The molecule has 1 aromatic carbocycles. The van der Waals surface area contributed by atoms with Crippen LogP contribution in [0, 0.1) is 11.7 Å². The summed E-state index contributed by atoms with van der Waals surface area (Å²) in [7, 11) is 0. The van der Waals surface area contributed by atoms with Crippen molar-refractivity contribution in [3.63, 3.8) is 0 Å². The van der Waals surface area contributed by atoms with E-state index in [1.807, 2.05) is 0 Å². The van der Waals surface area contributed by atoms with Crippen molar-refractivity contribution >= 4 is 17.7 Å². The van der Waals surface area contributed by atoms with Crippen LogP contribution >= 0.6 is 11.6 Å². The average Bonchev–Trinajstić information content (AvgIpc) is 3.08. The van der Waals surface area contributed by atoms with Crippen LogP contribution in [-0.2, 0) is 0 Å². The smallest absolute Gasteiger partial charge is 0.145 e. The minimum atomic E-state index is -0.370. The third kappa shape index (κ3) is 3.45. The molecule has 0 radical (unpaired) electrons. The van der Waals surface area contributed by atoms with Gasteiger partial charge in [-0.25, -0.2) is 4.39 Å². The molecule has 4 heteroatoms. The van der Waals surface area contributed by atoms with Gasteiger partial charge in [-0.2, -0.15) is 0 Å². The number of nitrogens with two attached hydrogens (primary N) is 1. The van der Waals surface area contributed by atoms with E-state index in [0.29, 0.717) is 35.4 Å². The quantitative estimate of drug-likeness (QED) is 0.877. The summed E-state index contributed by atoms with van der Waals surface area (Å²) in [5, 5.41) is 0.308. The highest BCUT2D eigenvalue weighted by Gasteiger charge is 2.23. The Morgan fingerprint density at radius 1 is 1.47 bits per heavy atom. The Morgan fingerprint density at radius 3 is 2.88 bits per heavy atom. The van der Waals surface area contributed by atoms with Crippen LogP contribution in [0.4, 0.5) is 4.39 Å². The fraction of sp³-hybridized carbons (Fsp3) is 0.385. The molecule has 0 bridgehead atoms. The first kappa shape index (κ1) is 12.4. The van der Waals surface area contributed by atoms with E-state index in [4.69, 9.17) is 22.1 Å². The number of hydrogen-bond acceptors (Lipinski definition) is 2. The SMILES string of the molecule is NC/C=C/c1cc(F)cc(Cl)c1OCC1CC1. The van der Waals surface area contributed by atoms with Crippen molar-refractivity contribution in [2.75, 3.05) is 13.2 Å². The predicted octanol–water partition coefficient (Wildman–Crippen LogP) is 3.24. The van der Waals surface area contributed by atoms with E-state index in [1.165, 1.54) is 25.0 Å². The summed E-state index contributed by atoms with van der Waals surface area (Å²) in [6, 6.07) is 2.67. The second-order valence-electron chi connectivity index (χ2n) is 4.20. The standard InChI is InChI=1S/C13H15ClFNO/c14-12-7-11(15)6-10(2-1-5-16)13(12)17-8-9-3-4-9/h1-2,6-7,9H,3-5,8,16H2/b2-1+. The lowest BCUT2D eigenvalue weighted by Gasteiger charge is -2.11. The minimum Gasteiger partial charge on any atom is -0.491 e. The number of ether oxygens (including phenoxy) is 1. The Hall–Kier alpha value is -1.06. The number of hydrogen-bond donors (Lipinski definition) is 1. The van der Waals surface area contributed by atoms with E-state index < -0.39 is 0 Å². The van der Waals surface area contributed by atoms with Gasteiger partial charge >= 0.3 is 0 Å². The van der Waals surface area contributed by atoms with E-state index in [9.17, 15) is 4.39 Å². The van der Waals surface area contributed by atoms with Gasteiger partial charge < -0.3 is 10.5 Å². The zero-order chi connectivity index (χ0) is 12.3. The molecule has 1 fully saturated rings. The lowest BCUT2D eigenvalue weighted by molar-refractivity contribution is 0.299. The van der Waals surface area contributed by atoms with Crippen molar-refractivity contribution in [3.8, 4) is 5.75 Å². The van der Waals surface area contributed by atoms with Crippen molar-refractivity contribution in [1.82, 2.24) is 0 Å². The second-order valence-corrected chi connectivity index (χ2v) is 4.61. The van der Waals surface area contributed by atoms with Gasteiger partial charge in [-0.3, -0.25) is 0 Å². The molecule has 0 spiro atoms. The monoisotopic (exact) mass is 255 g/mol. The summed E-state index contributed by atoms with van der Waals surface area (Å²) in [6.07, 6.45) is 5.88. The van der Waals surface area contributed by atoms with E-state index in [-0.39, 0.29) is 5.82 Å². The van der Waals surface area contributed by atoms with E-state index in [0.717, 1.165) is 0 Å². The third-order valence-corrected chi connectivity index (χ3v) is 2.91. The maximum atomic E-state index is 13.2. The van der Waals surface area contributed by atoms with E-state index in [1.54, 1.807) is 12.2 Å². The molecule has 1 aliphatic rings. The molecule has 0 aliphatic heterocycles. The summed E-state index contributed by atoms with van der Waals surface area (Å²) in [6.45, 7) is 1.05. The van der Waals surface area contributed by atoms with Gasteiger partial charge in [-0.05, 0) is 30.9 Å². The molecule has 0 unspecified atom stereocenters. The van der Waals surface area contributed by atoms with Gasteiger partial charge in [0.25, 0.3) is 0 Å². The molecule has 1 aliphatic carbocycles. The van der Waals surface area contributed by atoms with E-state index >= 15 is 0 Å². The Kier molecular flexibility index (Phi) is 4.02. The van der Waals surface area contributed by atoms with Crippen LogP contribution in [0.15, 0.2) is 18.2 Å². The predicted molar refractivity (Wildman–Crippen MR) is 67.7 cm³/mol. The molecule has 2 rings (SSSR count). The summed E-state index contributed by atoms with van der Waals surface area (Å²) < 4.78 is 18.9. The van der Waals surface area contributed by atoms with Crippen LogP contribution in [0.1, 0.15) is 18.4 Å². The highest BCUT2D eigenvalue weighted by molar-refractivity contribution is 6.32. The normalized spacial score (nSPS) is 15.5. The van der Waals surface area contributed by atoms with Crippen molar-refractivity contribution in [3.05, 3.63) is 34.6 Å². The van der Waals surface area contributed by atoms with E-state index in [2.05, 4.69) is 0 Å². The molecule has 1 aromatic rings. The molecule has 0 saturated heterocycles. The molecule has 17 heavy (non-hydrogen) atoms. The lowest BCUT2D eigenvalue weighted by Crippen LogP contribution is -2.02. The highest BCUT2D eigenvalue weighted by atomic mass is 35.5. The summed E-state index contributed by atoms with van der Waals surface area (Å²) in [5.74, 6) is 0.803. The summed E-state index contributed by atoms with van der Waals surface area (Å²) >= 11 is 5.99. The summed E-state index contributed by atoms with van der Waals surface area (Å²) in [5.41, 5.74) is 6.02. The maximum Gasteiger partial charge on any atom is 0.145 e. The van der Waals surface area contributed by atoms with Gasteiger partial charge in [0.2, 0.25) is 0 Å². The Balaban J connectivity index is 2.21. The fourth-order valence-corrected chi connectivity index (χ4v) is 1.80. The Bertz CT molecular complexity index is 430. The Morgan fingerprint density at radius 2 is 2.24 bits per heavy atom. The topological polar surface area (TPSA) is 35.2 Å². The van der Waals surface area contributed by atoms with Gasteiger partial charge in [0, 0.05) is 12.1 Å². The maximum absolute atomic E-state index is 13.2. The van der Waals surface area contributed by atoms with Crippen LogP contribution < -0.4 is 10.5 Å². The van der Waals surface area contributed by atoms with Crippen molar-refractivity contribution in [2.24, 2.45) is 11.7 Å². The molecule has 1 saturated carbocycles. The number of halogens is 2. The van der Waals surface area contributed by atoms with Crippen molar-refractivity contribution < 1.29 is 9.13 Å². The zero-order valence-electron chi connectivity index (χ0n) is 9.46. The first-order valence-electron chi connectivity index (χ1n) is 5.69. The first-order valence-corrected chi connectivity index (χ1v) is 6.07. The molecule has 0 aromatic heterocycles. The van der Waals surface area contributed by atoms with Crippen LogP contribution in [0.25, 0.3) is 6.08 Å². The number of rotatable bonds is 5. The highest BCUT2D eigenvalue weighted by Crippen LogP contribution is 2.34. The third-order valence-electron chi connectivity index (χ3n) is 2.63. The van der Waals surface area contributed by atoms with Crippen molar-refractivity contribution in [2.45, 2.75) is 12.8 Å². The number of benzene rings is 1. The average molecular weight is 256 g/mol. The largest absolute Gasteiger partial charge is 0.491 e. The van der Waals surface area contributed by atoms with Gasteiger partial charge in [-0.15, -0.1) is 0 Å². The zero-order valence-corrected chi connectivity index (χ0v) is 10.2.